The molecule has 1 saturated heterocycles. The van der Waals surface area contributed by atoms with Gasteiger partial charge in [0.05, 0.1) is 6.20 Å². The van der Waals surface area contributed by atoms with E-state index in [1.54, 1.807) is 6.07 Å². The molecule has 4 rings (SSSR count). The van der Waals surface area contributed by atoms with Crippen molar-refractivity contribution in [2.24, 2.45) is 0 Å². The first-order chi connectivity index (χ1) is 8.77. The molecule has 0 bridgehead atoms. The van der Waals surface area contributed by atoms with E-state index in [4.69, 9.17) is 0 Å². The Hall–Kier alpha value is -1.42. The number of nitrogens with one attached hydrogen (secondary N) is 1. The summed E-state index contributed by atoms with van der Waals surface area (Å²) in [5.74, 6) is -0.258. The Balaban J connectivity index is 1.54. The Morgan fingerprint density at radius 2 is 2.28 bits per heavy atom. The molecule has 94 valence electrons. The molecule has 0 atom stereocenters. The molecule has 2 aromatic rings. The van der Waals surface area contributed by atoms with E-state index in [9.17, 15) is 4.39 Å². The molecule has 2 aromatic heterocycles. The van der Waals surface area contributed by atoms with Crippen LogP contribution in [0.5, 0.6) is 0 Å². The Bertz CT molecular complexity index is 600. The molecule has 1 saturated carbocycles. The van der Waals surface area contributed by atoms with Gasteiger partial charge in [-0.1, -0.05) is 0 Å². The molecular formula is C14H16FN3. The van der Waals surface area contributed by atoms with Crippen LogP contribution in [0.1, 0.15) is 24.8 Å². The van der Waals surface area contributed by atoms with Crippen LogP contribution in [-0.4, -0.2) is 33.5 Å². The maximum atomic E-state index is 13.2. The second-order valence-electron chi connectivity index (χ2n) is 5.58. The van der Waals surface area contributed by atoms with E-state index >= 15 is 0 Å². The molecule has 3 heterocycles. The number of aromatic amines is 1. The molecule has 18 heavy (non-hydrogen) atoms. The van der Waals surface area contributed by atoms with E-state index in [2.05, 4.69) is 14.9 Å². The lowest BCUT2D eigenvalue weighted by Crippen LogP contribution is -2.50. The lowest BCUT2D eigenvalue weighted by atomic mass is 9.99. The summed E-state index contributed by atoms with van der Waals surface area (Å²) < 4.78 is 13.2. The Kier molecular flexibility index (Phi) is 2.07. The highest BCUT2D eigenvalue weighted by Gasteiger charge is 2.53. The van der Waals surface area contributed by atoms with Gasteiger partial charge in [0.15, 0.2) is 0 Å². The Morgan fingerprint density at radius 1 is 1.39 bits per heavy atom. The third kappa shape index (κ3) is 1.48. The predicted octanol–water partition coefficient (Wildman–Crippen LogP) is 2.48. The highest BCUT2D eigenvalue weighted by molar-refractivity contribution is 5.79. The maximum absolute atomic E-state index is 13.2. The second kappa shape index (κ2) is 3.54. The summed E-state index contributed by atoms with van der Waals surface area (Å²) in [6, 6.07) is 1.58. The quantitative estimate of drug-likeness (QED) is 0.901. The largest absolute Gasteiger partial charge is 0.346 e. The third-order valence-electron chi connectivity index (χ3n) is 4.58. The zero-order chi connectivity index (χ0) is 12.2. The van der Waals surface area contributed by atoms with Crippen LogP contribution in [0.2, 0.25) is 0 Å². The van der Waals surface area contributed by atoms with Crippen molar-refractivity contribution in [2.75, 3.05) is 13.1 Å². The lowest BCUT2D eigenvalue weighted by Gasteiger charge is -2.42. The molecule has 0 radical (unpaired) electrons. The van der Waals surface area contributed by atoms with Crippen molar-refractivity contribution < 1.29 is 4.39 Å². The molecule has 1 aliphatic carbocycles. The number of rotatable bonds is 3. The average Bonchev–Trinajstić information content (AvgIpc) is 3.09. The molecule has 2 aliphatic rings. The highest BCUT2D eigenvalue weighted by Crippen LogP contribution is 2.51. The first-order valence-electron chi connectivity index (χ1n) is 6.63. The van der Waals surface area contributed by atoms with Crippen molar-refractivity contribution in [2.45, 2.75) is 31.2 Å². The summed E-state index contributed by atoms with van der Waals surface area (Å²) >= 11 is 0. The second-order valence-corrected chi connectivity index (χ2v) is 5.58. The summed E-state index contributed by atoms with van der Waals surface area (Å²) in [6.07, 6.45) is 8.33. The summed E-state index contributed by atoms with van der Waals surface area (Å²) in [5, 5.41) is 0.931. The first kappa shape index (κ1) is 10.5. The SMILES string of the molecule is Fc1cnc2[nH]cc(CCN3CCC34CC4)c2c1. The number of hydrogen-bond donors (Lipinski definition) is 1. The van der Waals surface area contributed by atoms with Crippen molar-refractivity contribution >= 4 is 11.0 Å². The molecule has 2 fully saturated rings. The van der Waals surface area contributed by atoms with Crippen LogP contribution in [0.25, 0.3) is 11.0 Å². The smallest absolute Gasteiger partial charge is 0.142 e. The van der Waals surface area contributed by atoms with Gasteiger partial charge in [-0.25, -0.2) is 9.37 Å². The number of halogens is 1. The molecule has 3 nitrogen and oxygen atoms in total. The van der Waals surface area contributed by atoms with Crippen LogP contribution >= 0.6 is 0 Å². The molecule has 1 spiro atoms. The summed E-state index contributed by atoms with van der Waals surface area (Å²) in [4.78, 5) is 9.76. The summed E-state index contributed by atoms with van der Waals surface area (Å²) in [7, 11) is 0. The van der Waals surface area contributed by atoms with Crippen molar-refractivity contribution in [1.29, 1.82) is 0 Å². The zero-order valence-electron chi connectivity index (χ0n) is 10.2. The molecule has 1 N–H and O–H groups in total. The maximum Gasteiger partial charge on any atom is 0.142 e. The molecule has 0 unspecified atom stereocenters. The molecule has 1 aliphatic heterocycles. The van der Waals surface area contributed by atoms with E-state index in [1.165, 1.54) is 37.6 Å². The minimum Gasteiger partial charge on any atom is -0.346 e. The number of H-pyrrole nitrogens is 1. The van der Waals surface area contributed by atoms with Crippen LogP contribution < -0.4 is 0 Å². The van der Waals surface area contributed by atoms with Gasteiger partial charge in [0.2, 0.25) is 0 Å². The molecule has 4 heteroatoms. The van der Waals surface area contributed by atoms with Crippen LogP contribution in [0.4, 0.5) is 4.39 Å². The number of pyridine rings is 1. The normalized spacial score (nSPS) is 21.4. The van der Waals surface area contributed by atoms with E-state index in [1.807, 2.05) is 6.20 Å². The Labute approximate surface area is 105 Å². The standard InChI is InChI=1S/C14H16FN3/c15-11-7-12-10(8-16-13(12)17-9-11)1-5-18-6-4-14(18)2-3-14/h7-9H,1-6H2,(H,16,17). The van der Waals surface area contributed by atoms with Gasteiger partial charge in [-0.2, -0.15) is 0 Å². The molecule has 0 aromatic carbocycles. The fourth-order valence-electron chi connectivity index (χ4n) is 3.14. The number of likely N-dealkylation sites (tertiary alicyclic amines) is 1. The van der Waals surface area contributed by atoms with Gasteiger partial charge in [0.25, 0.3) is 0 Å². The van der Waals surface area contributed by atoms with Crippen LogP contribution in [0, 0.1) is 5.82 Å². The van der Waals surface area contributed by atoms with E-state index in [0.717, 1.165) is 24.0 Å². The van der Waals surface area contributed by atoms with Crippen molar-refractivity contribution in [3.63, 3.8) is 0 Å². The van der Waals surface area contributed by atoms with Gasteiger partial charge in [0, 0.05) is 30.2 Å². The van der Waals surface area contributed by atoms with Crippen molar-refractivity contribution in [1.82, 2.24) is 14.9 Å². The summed E-state index contributed by atoms with van der Waals surface area (Å²) in [6.45, 7) is 2.32. The highest BCUT2D eigenvalue weighted by atomic mass is 19.1. The van der Waals surface area contributed by atoms with Gasteiger partial charge >= 0.3 is 0 Å². The van der Waals surface area contributed by atoms with Gasteiger partial charge in [-0.15, -0.1) is 0 Å². The molecule has 0 amide bonds. The zero-order valence-corrected chi connectivity index (χ0v) is 10.2. The number of hydrogen-bond acceptors (Lipinski definition) is 2. The van der Waals surface area contributed by atoms with E-state index < -0.39 is 0 Å². The van der Waals surface area contributed by atoms with Gasteiger partial charge in [-0.05, 0) is 37.3 Å². The predicted molar refractivity (Wildman–Crippen MR) is 67.9 cm³/mol. The van der Waals surface area contributed by atoms with Crippen molar-refractivity contribution in [3.8, 4) is 0 Å². The van der Waals surface area contributed by atoms with Gasteiger partial charge in [-0.3, -0.25) is 4.90 Å². The minimum atomic E-state index is -0.258. The minimum absolute atomic E-state index is 0.258. The fourth-order valence-corrected chi connectivity index (χ4v) is 3.14. The lowest BCUT2D eigenvalue weighted by molar-refractivity contribution is 0.0713. The monoisotopic (exact) mass is 245 g/mol. The number of fused-ring (bicyclic) bond motifs is 1. The molecular weight excluding hydrogens is 229 g/mol. The average molecular weight is 245 g/mol. The number of aromatic nitrogens is 2. The fraction of sp³-hybridized carbons (Fsp3) is 0.500. The van der Waals surface area contributed by atoms with Gasteiger partial charge < -0.3 is 4.98 Å². The first-order valence-corrected chi connectivity index (χ1v) is 6.63. The van der Waals surface area contributed by atoms with E-state index in [0.29, 0.717) is 5.54 Å². The van der Waals surface area contributed by atoms with E-state index in [-0.39, 0.29) is 5.82 Å². The Morgan fingerprint density at radius 3 is 3.00 bits per heavy atom. The van der Waals surface area contributed by atoms with Crippen LogP contribution in [0.3, 0.4) is 0 Å². The van der Waals surface area contributed by atoms with Crippen LogP contribution in [0.15, 0.2) is 18.5 Å². The topological polar surface area (TPSA) is 31.9 Å². The summed E-state index contributed by atoms with van der Waals surface area (Å²) in [5.41, 5.74) is 2.55. The van der Waals surface area contributed by atoms with Gasteiger partial charge in [0.1, 0.15) is 11.5 Å². The number of nitrogens with zero attached hydrogens (tertiary/aromatic N) is 2. The van der Waals surface area contributed by atoms with Crippen LogP contribution in [-0.2, 0) is 6.42 Å². The third-order valence-corrected chi connectivity index (χ3v) is 4.58. The van der Waals surface area contributed by atoms with Crippen molar-refractivity contribution in [3.05, 3.63) is 29.8 Å².